The van der Waals surface area contributed by atoms with E-state index in [1.54, 1.807) is 0 Å². The maximum Gasteiger partial charge on any atom is 0.490 e. The first kappa shape index (κ1) is 39.0. The van der Waals surface area contributed by atoms with Crippen LogP contribution in [-0.4, -0.2) is 91.3 Å². The van der Waals surface area contributed by atoms with Gasteiger partial charge in [0.15, 0.2) is 0 Å². The Morgan fingerprint density at radius 1 is 0.980 bits per heavy atom. The topological polar surface area (TPSA) is 161 Å². The van der Waals surface area contributed by atoms with Crippen LogP contribution in [-0.2, 0) is 29.6 Å². The van der Waals surface area contributed by atoms with Gasteiger partial charge in [-0.05, 0) is 63.8 Å². The summed E-state index contributed by atoms with van der Waals surface area (Å²) in [6, 6.07) is 10.7. The van der Waals surface area contributed by atoms with E-state index < -0.39 is 35.9 Å². The number of amides is 1. The van der Waals surface area contributed by atoms with Gasteiger partial charge >= 0.3 is 24.3 Å². The third kappa shape index (κ3) is 9.17. The number of pyridine rings is 1. The summed E-state index contributed by atoms with van der Waals surface area (Å²) < 4.78 is 65.6. The molecule has 1 fully saturated rings. The van der Waals surface area contributed by atoms with Gasteiger partial charge in [0.2, 0.25) is 0 Å². The summed E-state index contributed by atoms with van der Waals surface area (Å²) in [6.07, 6.45) is -5.93. The predicted molar refractivity (Wildman–Crippen MR) is 162 cm³/mol. The Hall–Kier alpha value is -4.45. The number of aryl methyl sites for hydroxylation is 2. The first-order valence-corrected chi connectivity index (χ1v) is 15.2. The van der Waals surface area contributed by atoms with E-state index in [4.69, 9.17) is 24.8 Å². The number of anilines is 1. The smallest absolute Gasteiger partial charge is 0.490 e. The van der Waals surface area contributed by atoms with Gasteiger partial charge in [-0.3, -0.25) is 9.47 Å². The van der Waals surface area contributed by atoms with Crippen molar-refractivity contribution in [2.45, 2.75) is 70.5 Å². The van der Waals surface area contributed by atoms with Crippen LogP contribution >= 0.6 is 0 Å². The number of para-hydroxylation sites is 1. The highest BCUT2D eigenvalue weighted by Crippen LogP contribution is 2.33. The second kappa shape index (κ2) is 15.0. The number of fused-ring (bicyclic) bond motifs is 2. The molecule has 1 aliphatic heterocycles. The molecule has 0 bridgehead atoms. The van der Waals surface area contributed by atoms with Crippen LogP contribution in [0.25, 0.3) is 11.0 Å². The lowest BCUT2D eigenvalue weighted by atomic mass is 9.92. The number of rotatable bonds is 4. The van der Waals surface area contributed by atoms with E-state index in [0.717, 1.165) is 35.4 Å². The molecule has 12 nitrogen and oxygen atoms in total. The zero-order valence-electron chi connectivity index (χ0n) is 27.2. The predicted octanol–water partition coefficient (Wildman–Crippen LogP) is 4.18. The first-order valence-electron chi connectivity index (χ1n) is 15.2. The monoisotopic (exact) mass is 704 g/mol. The quantitative estimate of drug-likeness (QED) is 0.266. The number of carbonyl (C=O) groups excluding carboxylic acids is 1. The molecule has 270 valence electrons. The van der Waals surface area contributed by atoms with Gasteiger partial charge in [0.1, 0.15) is 24.4 Å². The van der Waals surface area contributed by atoms with Crippen molar-refractivity contribution in [2.75, 3.05) is 31.1 Å². The minimum atomic E-state index is -5.08. The molecule has 0 radical (unpaired) electrons. The average molecular weight is 705 g/mol. The van der Waals surface area contributed by atoms with E-state index in [9.17, 15) is 36.2 Å². The number of piperazine rings is 1. The van der Waals surface area contributed by atoms with Crippen LogP contribution in [0.1, 0.15) is 56.7 Å². The molecule has 18 heteroatoms. The van der Waals surface area contributed by atoms with Crippen molar-refractivity contribution < 1.29 is 60.5 Å². The Morgan fingerprint density at radius 2 is 1.55 bits per heavy atom. The molecular formula is C31H38F6N6O6. The van der Waals surface area contributed by atoms with E-state index in [2.05, 4.69) is 51.1 Å². The molecule has 1 aliphatic carbocycles. The summed E-state index contributed by atoms with van der Waals surface area (Å²) in [5.74, 6) is -4.53. The number of aromatic nitrogens is 3. The van der Waals surface area contributed by atoms with Gasteiger partial charge in [0, 0.05) is 13.2 Å². The number of imidazole rings is 1. The Kier molecular flexibility index (Phi) is 11.9. The summed E-state index contributed by atoms with van der Waals surface area (Å²) in [6.45, 7) is 8.94. The van der Waals surface area contributed by atoms with Crippen LogP contribution in [0.4, 0.5) is 36.8 Å². The zero-order valence-corrected chi connectivity index (χ0v) is 27.2. The second-order valence-electron chi connectivity index (χ2n) is 12.6. The van der Waals surface area contributed by atoms with Gasteiger partial charge < -0.3 is 34.9 Å². The molecule has 0 saturated carbocycles. The van der Waals surface area contributed by atoms with Crippen molar-refractivity contribution in [2.24, 2.45) is 7.05 Å². The maximum atomic E-state index is 12.1. The fraction of sp³-hybridized carbons (Fsp3) is 0.516. The van der Waals surface area contributed by atoms with Crippen molar-refractivity contribution in [3.8, 4) is 0 Å². The van der Waals surface area contributed by atoms with Gasteiger partial charge in [-0.1, -0.05) is 12.1 Å². The molecular weight excluding hydrogens is 666 g/mol. The average Bonchev–Trinajstić information content (AvgIpc) is 3.34. The van der Waals surface area contributed by atoms with Gasteiger partial charge in [-0.2, -0.15) is 26.3 Å². The van der Waals surface area contributed by atoms with Gasteiger partial charge in [-0.25, -0.2) is 14.6 Å². The van der Waals surface area contributed by atoms with Crippen molar-refractivity contribution in [3.05, 3.63) is 53.6 Å². The van der Waals surface area contributed by atoms with Gasteiger partial charge in [-0.15, -0.1) is 0 Å². The molecule has 1 saturated heterocycles. The Balaban J connectivity index is 0.000000392. The lowest BCUT2D eigenvalue weighted by Crippen LogP contribution is -2.73. The molecule has 5 rings (SSSR count). The van der Waals surface area contributed by atoms with E-state index in [1.165, 1.54) is 17.7 Å². The van der Waals surface area contributed by atoms with Crippen molar-refractivity contribution in [1.82, 2.24) is 19.9 Å². The lowest BCUT2D eigenvalue weighted by molar-refractivity contribution is -0.920. The Labute approximate surface area is 277 Å². The molecule has 2 aliphatic rings. The summed E-state index contributed by atoms with van der Waals surface area (Å²) in [7, 11) is 2.07. The summed E-state index contributed by atoms with van der Waals surface area (Å²) in [4.78, 5) is 41.9. The number of nitrogens with zero attached hydrogens (tertiary/aromatic N) is 5. The second-order valence-corrected chi connectivity index (χ2v) is 12.6. The zero-order chi connectivity index (χ0) is 36.9. The van der Waals surface area contributed by atoms with E-state index in [-0.39, 0.29) is 10.5 Å². The molecule has 2 aromatic heterocycles. The number of quaternary nitrogens is 1. The standard InChI is InChI=1S/C27H36N6O2.2C2HF3O2/c1-27(2,3)33(26(34)35)16-14-32(15-17-33)22-12-6-11-21-25(22)30-23(31(21)4)18-29-20-10-5-8-19-9-7-13-28-24(19)20;2*3-2(4,5)1(6)7/h6-7,9,11-13,20,29H,5,8,10,14-18H2,1-4H3;2*(H,6,7). The van der Waals surface area contributed by atoms with Gasteiger partial charge in [0.05, 0.1) is 48.1 Å². The number of nitrogens with one attached hydrogen (secondary N) is 1. The molecule has 1 aromatic carbocycles. The summed E-state index contributed by atoms with van der Waals surface area (Å²) >= 11 is 0. The Morgan fingerprint density at radius 3 is 2.06 bits per heavy atom. The van der Waals surface area contributed by atoms with Crippen LogP contribution in [0, 0.1) is 0 Å². The lowest BCUT2D eigenvalue weighted by Gasteiger charge is -2.52. The van der Waals surface area contributed by atoms with Crippen molar-refractivity contribution >= 4 is 34.8 Å². The highest BCUT2D eigenvalue weighted by Gasteiger charge is 2.45. The number of alkyl halides is 6. The Bertz CT molecular complexity index is 1620. The van der Waals surface area contributed by atoms with Crippen LogP contribution < -0.4 is 15.3 Å². The van der Waals surface area contributed by atoms with E-state index in [1.807, 2.05) is 33.0 Å². The highest BCUT2D eigenvalue weighted by molar-refractivity contribution is 5.89. The van der Waals surface area contributed by atoms with Gasteiger partial charge in [0.25, 0.3) is 6.09 Å². The molecule has 1 unspecified atom stereocenters. The summed E-state index contributed by atoms with van der Waals surface area (Å²) in [5.41, 5.74) is 5.23. The molecule has 49 heavy (non-hydrogen) atoms. The molecule has 3 N–H and O–H groups in total. The van der Waals surface area contributed by atoms with Crippen LogP contribution in [0.15, 0.2) is 36.5 Å². The van der Waals surface area contributed by atoms with Crippen LogP contribution in [0.2, 0.25) is 0 Å². The maximum absolute atomic E-state index is 12.1. The number of carbonyl (C=O) groups is 3. The number of hydrogen-bond acceptors (Lipinski definition) is 8. The van der Waals surface area contributed by atoms with Crippen LogP contribution in [0.5, 0.6) is 0 Å². The largest absolute Gasteiger partial charge is 0.498 e. The third-order valence-corrected chi connectivity index (χ3v) is 8.65. The normalized spacial score (nSPS) is 17.6. The fourth-order valence-corrected chi connectivity index (χ4v) is 5.86. The minimum absolute atomic E-state index is 0.0201. The number of hydrogen-bond donors (Lipinski definition) is 3. The number of carboxylic acids is 2. The van der Waals surface area contributed by atoms with E-state index in [0.29, 0.717) is 32.7 Å². The molecule has 3 aromatic rings. The van der Waals surface area contributed by atoms with E-state index >= 15 is 0 Å². The highest BCUT2D eigenvalue weighted by atomic mass is 19.4. The summed E-state index contributed by atoms with van der Waals surface area (Å²) in [5, 5.41) is 30.1. The molecule has 1 amide bonds. The minimum Gasteiger partial charge on any atom is -0.498 e. The number of halogens is 6. The SMILES string of the molecule is Cn1c(CNC2CCCc3cccnc32)nc2c(N3CC[N+](C(=O)[O-])(C(C)(C)C)CC3)cccc21.O=C(O)C(F)(F)F.O=C(O)C(F)(F)F. The molecule has 3 heterocycles. The number of benzene rings is 1. The molecule has 1 atom stereocenters. The number of carboxylic acid groups (broad SMARTS) is 3. The molecule has 0 spiro atoms. The number of aliphatic carboxylic acids is 2. The fourth-order valence-electron chi connectivity index (χ4n) is 5.86. The van der Waals surface area contributed by atoms with Crippen molar-refractivity contribution in [3.63, 3.8) is 0 Å². The first-order chi connectivity index (χ1) is 22.6. The third-order valence-electron chi connectivity index (χ3n) is 8.65. The van der Waals surface area contributed by atoms with Crippen molar-refractivity contribution in [1.29, 1.82) is 0 Å². The van der Waals surface area contributed by atoms with Crippen LogP contribution in [0.3, 0.4) is 0 Å².